The molecule has 2 rings (SSSR count). The molecule has 1 heterocycles. The van der Waals surface area contributed by atoms with Gasteiger partial charge in [0.25, 0.3) is 0 Å². The van der Waals surface area contributed by atoms with Crippen LogP contribution >= 0.6 is 0 Å². The number of ether oxygens (including phenoxy) is 1. The van der Waals surface area contributed by atoms with Crippen LogP contribution in [0.2, 0.25) is 0 Å². The molecule has 0 radical (unpaired) electrons. The summed E-state index contributed by atoms with van der Waals surface area (Å²) in [4.78, 5) is 2.54. The van der Waals surface area contributed by atoms with Crippen LogP contribution in [0.25, 0.3) is 0 Å². The van der Waals surface area contributed by atoms with Gasteiger partial charge in [-0.15, -0.1) is 0 Å². The van der Waals surface area contributed by atoms with Crippen LogP contribution in [0.15, 0.2) is 18.2 Å². The zero-order valence-corrected chi connectivity index (χ0v) is 12.7. The number of phenolic OH excluding ortho intramolecular Hbond substituents is 1. The molecule has 1 aromatic rings. The monoisotopic (exact) mass is 278 g/mol. The lowest BCUT2D eigenvalue weighted by Crippen LogP contribution is -2.38. The van der Waals surface area contributed by atoms with Gasteiger partial charge >= 0.3 is 0 Å². The molecule has 1 saturated heterocycles. The van der Waals surface area contributed by atoms with Crippen molar-refractivity contribution in [3.05, 3.63) is 23.8 Å². The molecule has 1 aromatic carbocycles. The normalized spacial score (nSPS) is 21.1. The van der Waals surface area contributed by atoms with Gasteiger partial charge < -0.3 is 15.2 Å². The van der Waals surface area contributed by atoms with E-state index in [4.69, 9.17) is 4.74 Å². The molecule has 4 heteroatoms. The summed E-state index contributed by atoms with van der Waals surface area (Å²) in [6, 6.07) is 6.45. The summed E-state index contributed by atoms with van der Waals surface area (Å²) in [5.74, 6) is 0.726. The molecule has 2 atom stereocenters. The fraction of sp³-hybridized carbons (Fsp3) is 0.625. The first-order valence-electron chi connectivity index (χ1n) is 7.50. The van der Waals surface area contributed by atoms with Crippen LogP contribution in [-0.4, -0.2) is 42.8 Å². The van der Waals surface area contributed by atoms with Crippen LogP contribution < -0.4 is 10.1 Å². The second kappa shape index (κ2) is 6.95. The molecule has 0 aliphatic carbocycles. The maximum absolute atomic E-state index is 9.63. The van der Waals surface area contributed by atoms with Crippen LogP contribution in [0.4, 0.5) is 0 Å². The molecule has 1 aliphatic rings. The number of benzene rings is 1. The Hall–Kier alpha value is -1.26. The molecule has 0 bridgehead atoms. The van der Waals surface area contributed by atoms with Gasteiger partial charge in [0.15, 0.2) is 11.5 Å². The minimum atomic E-state index is 0.191. The fourth-order valence-electron chi connectivity index (χ4n) is 2.94. The smallest absolute Gasteiger partial charge is 0.160 e. The molecule has 2 N–H and O–H groups in total. The molecule has 112 valence electrons. The van der Waals surface area contributed by atoms with Crippen molar-refractivity contribution in [1.29, 1.82) is 0 Å². The van der Waals surface area contributed by atoms with E-state index in [0.29, 0.717) is 11.8 Å². The minimum Gasteiger partial charge on any atom is -0.504 e. The van der Waals surface area contributed by atoms with Gasteiger partial charge in [0.05, 0.1) is 7.11 Å². The molecule has 4 nitrogen and oxygen atoms in total. The Morgan fingerprint density at radius 3 is 3.00 bits per heavy atom. The van der Waals surface area contributed by atoms with Crippen LogP contribution in [0.3, 0.4) is 0 Å². The average molecular weight is 278 g/mol. The number of likely N-dealkylation sites (tertiary alicyclic amines) is 1. The van der Waals surface area contributed by atoms with E-state index in [0.717, 1.165) is 18.7 Å². The zero-order valence-electron chi connectivity index (χ0n) is 12.7. The van der Waals surface area contributed by atoms with Gasteiger partial charge in [0.1, 0.15) is 0 Å². The predicted octanol–water partition coefficient (Wildman–Crippen LogP) is 2.54. The Morgan fingerprint density at radius 1 is 1.50 bits per heavy atom. The Morgan fingerprint density at radius 2 is 2.30 bits per heavy atom. The van der Waals surface area contributed by atoms with E-state index in [1.54, 1.807) is 13.2 Å². The lowest BCUT2D eigenvalue weighted by molar-refractivity contribution is 0.255. The molecule has 2 unspecified atom stereocenters. The van der Waals surface area contributed by atoms with Gasteiger partial charge in [-0.3, -0.25) is 4.90 Å². The molecule has 0 amide bonds. The summed E-state index contributed by atoms with van der Waals surface area (Å²) in [6.07, 6.45) is 2.59. The van der Waals surface area contributed by atoms with Crippen molar-refractivity contribution in [3.8, 4) is 11.5 Å². The van der Waals surface area contributed by atoms with Gasteiger partial charge in [-0.25, -0.2) is 0 Å². The van der Waals surface area contributed by atoms with Gasteiger partial charge in [-0.2, -0.15) is 0 Å². The number of nitrogens with one attached hydrogen (secondary N) is 1. The molecule has 1 aliphatic heterocycles. The standard InChI is InChI=1S/C16H26N2O2/c1-4-18-9-5-6-14(18)11-17-12(2)13-7-8-15(19)16(10-13)20-3/h7-8,10,12,14,17,19H,4-6,9,11H2,1-3H3. The molecule has 0 aromatic heterocycles. The second-order valence-electron chi connectivity index (χ2n) is 5.49. The molecule has 0 spiro atoms. The molecular weight excluding hydrogens is 252 g/mol. The van der Waals surface area contributed by atoms with Crippen LogP contribution in [0.1, 0.15) is 38.3 Å². The lowest BCUT2D eigenvalue weighted by Gasteiger charge is -2.25. The van der Waals surface area contributed by atoms with E-state index >= 15 is 0 Å². The number of methoxy groups -OCH3 is 1. The lowest BCUT2D eigenvalue weighted by atomic mass is 10.1. The predicted molar refractivity (Wildman–Crippen MR) is 81.3 cm³/mol. The highest BCUT2D eigenvalue weighted by Gasteiger charge is 2.23. The maximum atomic E-state index is 9.63. The summed E-state index contributed by atoms with van der Waals surface area (Å²) < 4.78 is 5.16. The third-order valence-electron chi connectivity index (χ3n) is 4.27. The number of nitrogens with zero attached hydrogens (tertiary/aromatic N) is 1. The van der Waals surface area contributed by atoms with Gasteiger partial charge in [0, 0.05) is 18.6 Å². The molecule has 20 heavy (non-hydrogen) atoms. The quantitative estimate of drug-likeness (QED) is 0.839. The zero-order chi connectivity index (χ0) is 14.5. The first-order chi connectivity index (χ1) is 9.65. The highest BCUT2D eigenvalue weighted by molar-refractivity contribution is 5.42. The Kier molecular flexibility index (Phi) is 5.26. The van der Waals surface area contributed by atoms with Gasteiger partial charge in [0.2, 0.25) is 0 Å². The number of hydrogen-bond donors (Lipinski definition) is 2. The summed E-state index contributed by atoms with van der Waals surface area (Å²) in [6.45, 7) is 7.75. The maximum Gasteiger partial charge on any atom is 0.160 e. The molecular formula is C16H26N2O2. The van der Waals surface area contributed by atoms with E-state index in [-0.39, 0.29) is 11.8 Å². The summed E-state index contributed by atoms with van der Waals surface area (Å²) in [7, 11) is 1.58. The molecule has 1 fully saturated rings. The topological polar surface area (TPSA) is 44.7 Å². The van der Waals surface area contributed by atoms with Gasteiger partial charge in [-0.05, 0) is 50.6 Å². The van der Waals surface area contributed by atoms with E-state index in [2.05, 4.69) is 24.1 Å². The summed E-state index contributed by atoms with van der Waals surface area (Å²) in [5, 5.41) is 13.2. The van der Waals surface area contributed by atoms with Crippen molar-refractivity contribution in [1.82, 2.24) is 10.2 Å². The van der Waals surface area contributed by atoms with Crippen molar-refractivity contribution in [3.63, 3.8) is 0 Å². The summed E-state index contributed by atoms with van der Waals surface area (Å²) in [5.41, 5.74) is 1.14. The average Bonchev–Trinajstić information content (AvgIpc) is 2.92. The SMILES string of the molecule is CCN1CCCC1CNC(C)c1ccc(O)c(OC)c1. The van der Waals surface area contributed by atoms with Crippen LogP contribution in [0, 0.1) is 0 Å². The Balaban J connectivity index is 1.93. The van der Waals surface area contributed by atoms with E-state index in [1.165, 1.54) is 19.4 Å². The number of phenols is 1. The van der Waals surface area contributed by atoms with Crippen molar-refractivity contribution < 1.29 is 9.84 Å². The number of hydrogen-bond acceptors (Lipinski definition) is 4. The van der Waals surface area contributed by atoms with E-state index in [1.807, 2.05) is 12.1 Å². The number of aromatic hydroxyl groups is 1. The largest absolute Gasteiger partial charge is 0.504 e. The van der Waals surface area contributed by atoms with Crippen molar-refractivity contribution in [2.45, 2.75) is 38.8 Å². The number of likely N-dealkylation sites (N-methyl/N-ethyl adjacent to an activating group) is 1. The van der Waals surface area contributed by atoms with Crippen molar-refractivity contribution in [2.75, 3.05) is 26.7 Å². The first-order valence-corrected chi connectivity index (χ1v) is 7.50. The van der Waals surface area contributed by atoms with Crippen LogP contribution in [-0.2, 0) is 0 Å². The fourth-order valence-corrected chi connectivity index (χ4v) is 2.94. The number of rotatable bonds is 6. The third kappa shape index (κ3) is 3.44. The first kappa shape index (κ1) is 15.1. The second-order valence-corrected chi connectivity index (χ2v) is 5.49. The Labute approximate surface area is 121 Å². The third-order valence-corrected chi connectivity index (χ3v) is 4.27. The van der Waals surface area contributed by atoms with Crippen molar-refractivity contribution in [2.24, 2.45) is 0 Å². The van der Waals surface area contributed by atoms with Gasteiger partial charge in [-0.1, -0.05) is 13.0 Å². The van der Waals surface area contributed by atoms with E-state index < -0.39 is 0 Å². The van der Waals surface area contributed by atoms with E-state index in [9.17, 15) is 5.11 Å². The molecule has 0 saturated carbocycles. The Bertz CT molecular complexity index is 436. The highest BCUT2D eigenvalue weighted by Crippen LogP contribution is 2.29. The van der Waals surface area contributed by atoms with Crippen LogP contribution in [0.5, 0.6) is 11.5 Å². The van der Waals surface area contributed by atoms with Crippen molar-refractivity contribution >= 4 is 0 Å². The minimum absolute atomic E-state index is 0.191. The summed E-state index contributed by atoms with van der Waals surface area (Å²) >= 11 is 0. The highest BCUT2D eigenvalue weighted by atomic mass is 16.5.